The summed E-state index contributed by atoms with van der Waals surface area (Å²) in [6.07, 6.45) is 1.59. The molecule has 3 N–H and O–H groups in total. The van der Waals surface area contributed by atoms with Gasteiger partial charge in [0.2, 0.25) is 5.91 Å². The summed E-state index contributed by atoms with van der Waals surface area (Å²) >= 11 is 0. The molecule has 1 aromatic carbocycles. The summed E-state index contributed by atoms with van der Waals surface area (Å²) in [6, 6.07) is 6.14. The summed E-state index contributed by atoms with van der Waals surface area (Å²) in [7, 11) is 0. The Morgan fingerprint density at radius 1 is 1.40 bits per heavy atom. The smallest absolute Gasteiger partial charge is 0.240 e. The first-order valence-corrected chi connectivity index (χ1v) is 6.95. The monoisotopic (exact) mass is 298 g/mol. The highest BCUT2D eigenvalue weighted by Crippen LogP contribution is 2.21. The SMILES string of the molecule is CCCC(C)(N)C(=O)NC(C)c1cccc(C)c1C.Cl. The molecule has 0 saturated heterocycles. The zero-order valence-corrected chi connectivity index (χ0v) is 13.9. The fourth-order valence-corrected chi connectivity index (χ4v) is 2.32. The third-order valence-corrected chi connectivity index (χ3v) is 3.75. The molecular formula is C16H27ClN2O. The minimum Gasteiger partial charge on any atom is -0.348 e. The molecule has 0 bridgehead atoms. The van der Waals surface area contributed by atoms with E-state index in [4.69, 9.17) is 5.73 Å². The number of halogens is 1. The van der Waals surface area contributed by atoms with Crippen molar-refractivity contribution in [3.63, 3.8) is 0 Å². The van der Waals surface area contributed by atoms with E-state index < -0.39 is 5.54 Å². The summed E-state index contributed by atoms with van der Waals surface area (Å²) in [6.45, 7) is 9.99. The van der Waals surface area contributed by atoms with E-state index in [-0.39, 0.29) is 24.4 Å². The first kappa shape index (κ1) is 18.9. The number of nitrogens with one attached hydrogen (secondary N) is 1. The summed E-state index contributed by atoms with van der Waals surface area (Å²) in [5, 5.41) is 3.03. The lowest BCUT2D eigenvalue weighted by Gasteiger charge is -2.26. The van der Waals surface area contributed by atoms with Crippen molar-refractivity contribution in [2.45, 2.75) is 59.0 Å². The first-order chi connectivity index (χ1) is 8.79. The van der Waals surface area contributed by atoms with Gasteiger partial charge in [0.25, 0.3) is 0 Å². The van der Waals surface area contributed by atoms with Gasteiger partial charge >= 0.3 is 0 Å². The lowest BCUT2D eigenvalue weighted by atomic mass is 9.94. The molecule has 20 heavy (non-hydrogen) atoms. The summed E-state index contributed by atoms with van der Waals surface area (Å²) in [4.78, 5) is 12.2. The Balaban J connectivity index is 0.00000361. The van der Waals surface area contributed by atoms with Crippen molar-refractivity contribution < 1.29 is 4.79 Å². The lowest BCUT2D eigenvalue weighted by molar-refractivity contribution is -0.126. The second kappa shape index (κ2) is 7.65. The van der Waals surface area contributed by atoms with Crippen molar-refractivity contribution in [2.24, 2.45) is 5.73 Å². The van der Waals surface area contributed by atoms with Crippen LogP contribution in [0, 0.1) is 13.8 Å². The Bertz CT molecular complexity index is 458. The van der Waals surface area contributed by atoms with Crippen molar-refractivity contribution in [3.05, 3.63) is 34.9 Å². The number of amides is 1. The molecule has 1 rings (SSSR count). The van der Waals surface area contributed by atoms with Gasteiger partial charge in [-0.25, -0.2) is 0 Å². The van der Waals surface area contributed by atoms with Crippen LogP contribution >= 0.6 is 12.4 Å². The highest BCUT2D eigenvalue weighted by atomic mass is 35.5. The van der Waals surface area contributed by atoms with Crippen LogP contribution in [-0.4, -0.2) is 11.4 Å². The number of benzene rings is 1. The minimum absolute atomic E-state index is 0. The van der Waals surface area contributed by atoms with Gasteiger partial charge in [0.1, 0.15) is 0 Å². The maximum atomic E-state index is 12.2. The van der Waals surface area contributed by atoms with E-state index in [1.165, 1.54) is 11.1 Å². The van der Waals surface area contributed by atoms with Crippen molar-refractivity contribution in [2.75, 3.05) is 0 Å². The number of aryl methyl sites for hydroxylation is 1. The van der Waals surface area contributed by atoms with E-state index in [1.807, 2.05) is 19.9 Å². The molecule has 0 fully saturated rings. The second-order valence-electron chi connectivity index (χ2n) is 5.65. The van der Waals surface area contributed by atoms with E-state index in [2.05, 4.69) is 31.3 Å². The van der Waals surface area contributed by atoms with E-state index >= 15 is 0 Å². The fraction of sp³-hybridized carbons (Fsp3) is 0.562. The maximum absolute atomic E-state index is 12.2. The molecular weight excluding hydrogens is 272 g/mol. The zero-order chi connectivity index (χ0) is 14.6. The molecule has 0 aromatic heterocycles. The molecule has 4 heteroatoms. The molecule has 1 aromatic rings. The molecule has 0 saturated carbocycles. The Kier molecular flexibility index (Phi) is 7.25. The number of hydrogen-bond acceptors (Lipinski definition) is 2. The minimum atomic E-state index is -0.791. The number of hydrogen-bond donors (Lipinski definition) is 2. The fourth-order valence-electron chi connectivity index (χ4n) is 2.32. The van der Waals surface area contributed by atoms with Gasteiger partial charge in [0, 0.05) is 0 Å². The van der Waals surface area contributed by atoms with Crippen molar-refractivity contribution in [1.82, 2.24) is 5.32 Å². The van der Waals surface area contributed by atoms with E-state index in [0.29, 0.717) is 6.42 Å². The quantitative estimate of drug-likeness (QED) is 0.875. The largest absolute Gasteiger partial charge is 0.348 e. The van der Waals surface area contributed by atoms with E-state index in [9.17, 15) is 4.79 Å². The van der Waals surface area contributed by atoms with Gasteiger partial charge in [0.05, 0.1) is 11.6 Å². The molecule has 0 spiro atoms. The molecule has 0 radical (unpaired) electrons. The van der Waals surface area contributed by atoms with Crippen molar-refractivity contribution >= 4 is 18.3 Å². The number of carbonyl (C=O) groups is 1. The predicted molar refractivity (Wildman–Crippen MR) is 87.2 cm³/mol. The maximum Gasteiger partial charge on any atom is 0.240 e. The Labute approximate surface area is 128 Å². The zero-order valence-electron chi connectivity index (χ0n) is 13.1. The topological polar surface area (TPSA) is 55.1 Å². The Morgan fingerprint density at radius 2 is 2.00 bits per heavy atom. The number of nitrogens with two attached hydrogens (primary N) is 1. The molecule has 114 valence electrons. The van der Waals surface area contributed by atoms with Crippen LogP contribution in [0.3, 0.4) is 0 Å². The van der Waals surface area contributed by atoms with Gasteiger partial charge in [-0.3, -0.25) is 4.79 Å². The van der Waals surface area contributed by atoms with E-state index in [0.717, 1.165) is 12.0 Å². The predicted octanol–water partition coefficient (Wildman–Crippen LogP) is 3.42. The van der Waals surface area contributed by atoms with Crippen LogP contribution in [-0.2, 0) is 4.79 Å². The summed E-state index contributed by atoms with van der Waals surface area (Å²) < 4.78 is 0. The van der Waals surface area contributed by atoms with Crippen molar-refractivity contribution in [3.8, 4) is 0 Å². The van der Waals surface area contributed by atoms with Crippen molar-refractivity contribution in [1.29, 1.82) is 0 Å². The lowest BCUT2D eigenvalue weighted by Crippen LogP contribution is -2.52. The Morgan fingerprint density at radius 3 is 2.55 bits per heavy atom. The molecule has 0 aliphatic rings. The molecule has 2 unspecified atom stereocenters. The number of carbonyl (C=O) groups excluding carboxylic acids is 1. The van der Waals surface area contributed by atoms with Crippen LogP contribution in [0.5, 0.6) is 0 Å². The highest BCUT2D eigenvalue weighted by molar-refractivity contribution is 5.86. The van der Waals surface area contributed by atoms with Gasteiger partial charge in [-0.1, -0.05) is 31.5 Å². The standard InChI is InChI=1S/C16H26N2O.ClH/c1-6-10-16(5,17)15(19)18-13(4)14-9-7-8-11(2)12(14)3;/h7-9,13H,6,10,17H2,1-5H3,(H,18,19);1H. The normalized spacial score (nSPS) is 14.9. The van der Waals surface area contributed by atoms with Gasteiger partial charge < -0.3 is 11.1 Å². The van der Waals surface area contributed by atoms with Gasteiger partial charge in [-0.15, -0.1) is 12.4 Å². The van der Waals surface area contributed by atoms with E-state index in [1.54, 1.807) is 6.92 Å². The second-order valence-corrected chi connectivity index (χ2v) is 5.65. The molecule has 1 amide bonds. The van der Waals surface area contributed by atoms with Crippen LogP contribution < -0.4 is 11.1 Å². The molecule has 3 nitrogen and oxygen atoms in total. The van der Waals surface area contributed by atoms with Crippen LogP contribution in [0.1, 0.15) is 56.3 Å². The van der Waals surface area contributed by atoms with Gasteiger partial charge in [0.15, 0.2) is 0 Å². The average molecular weight is 299 g/mol. The average Bonchev–Trinajstić information content (AvgIpc) is 2.32. The molecule has 0 aliphatic carbocycles. The molecule has 0 heterocycles. The van der Waals surface area contributed by atoms with Crippen LogP contribution in [0.2, 0.25) is 0 Å². The first-order valence-electron chi connectivity index (χ1n) is 6.95. The third-order valence-electron chi connectivity index (χ3n) is 3.75. The van der Waals surface area contributed by atoms with Crippen LogP contribution in [0.25, 0.3) is 0 Å². The Hall–Kier alpha value is -1.06. The highest BCUT2D eigenvalue weighted by Gasteiger charge is 2.28. The van der Waals surface area contributed by atoms with Crippen LogP contribution in [0.4, 0.5) is 0 Å². The van der Waals surface area contributed by atoms with Gasteiger partial charge in [-0.2, -0.15) is 0 Å². The number of rotatable bonds is 5. The molecule has 0 aliphatic heterocycles. The van der Waals surface area contributed by atoms with Gasteiger partial charge in [-0.05, 0) is 50.8 Å². The van der Waals surface area contributed by atoms with Crippen LogP contribution in [0.15, 0.2) is 18.2 Å². The third kappa shape index (κ3) is 4.50. The summed E-state index contributed by atoms with van der Waals surface area (Å²) in [5.41, 5.74) is 8.88. The molecule has 2 atom stereocenters. The summed E-state index contributed by atoms with van der Waals surface area (Å²) in [5.74, 6) is -0.0808.